The number of aryl methyl sites for hydroxylation is 6. The minimum Gasteiger partial charge on any atom is -0.408 e. The third kappa shape index (κ3) is 5.70. The molecule has 0 atom stereocenters. The molecule has 0 radical (unpaired) electrons. The number of hydrogen-bond donors (Lipinski definition) is 0. The highest BCUT2D eigenvalue weighted by molar-refractivity contribution is 8.55. The Morgan fingerprint density at radius 1 is 0.600 bits per heavy atom. The topological polar surface area (TPSA) is 107 Å². The Hall–Kier alpha value is -3.69. The van der Waals surface area contributed by atoms with Gasteiger partial charge in [0.05, 0.1) is 34.9 Å². The fourth-order valence-electron chi connectivity index (χ4n) is 3.87. The van der Waals surface area contributed by atoms with E-state index >= 15 is 0 Å². The van der Waals surface area contributed by atoms with E-state index in [1.807, 2.05) is 13.8 Å². The molecule has 0 fully saturated rings. The lowest BCUT2D eigenvalue weighted by molar-refractivity contribution is 0.403. The molecule has 3 rings (SSSR count). The first-order valence-corrected chi connectivity index (χ1v) is 13.7. The largest absolute Gasteiger partial charge is 0.497 e. The van der Waals surface area contributed by atoms with Crippen LogP contribution in [-0.2, 0) is 4.57 Å². The maximum absolute atomic E-state index is 14.4. The monoisotopic (exact) mass is 501 g/mol. The zero-order valence-corrected chi connectivity index (χ0v) is 22.1. The van der Waals surface area contributed by atoms with Crippen LogP contribution in [0.4, 0.5) is 0 Å². The van der Waals surface area contributed by atoms with Crippen molar-refractivity contribution in [3.63, 3.8) is 0 Å². The van der Waals surface area contributed by atoms with Crippen LogP contribution in [0.15, 0.2) is 41.3 Å². The average Bonchev–Trinajstić information content (AvgIpc) is 2.80. The van der Waals surface area contributed by atoms with Crippen LogP contribution in [0.5, 0.6) is 11.5 Å². The van der Waals surface area contributed by atoms with Gasteiger partial charge in [0.2, 0.25) is 0 Å². The zero-order chi connectivity index (χ0) is 25.9. The van der Waals surface area contributed by atoms with Crippen LogP contribution in [0, 0.1) is 75.5 Å². The lowest BCUT2D eigenvalue weighted by Gasteiger charge is -2.24. The van der Waals surface area contributed by atoms with Crippen molar-refractivity contribution < 1.29 is 13.6 Å². The molecule has 0 N–H and O–H groups in total. The number of benzene rings is 3. The van der Waals surface area contributed by atoms with Gasteiger partial charge in [0, 0.05) is 16.3 Å². The van der Waals surface area contributed by atoms with Crippen molar-refractivity contribution in [3.8, 4) is 29.7 Å². The Morgan fingerprint density at radius 2 is 0.886 bits per heavy atom. The predicted octanol–water partition coefficient (Wildman–Crippen LogP) is 7.51. The summed E-state index contributed by atoms with van der Waals surface area (Å²) in [6, 6.07) is 16.5. The molecule has 0 bridgehead atoms. The van der Waals surface area contributed by atoms with Gasteiger partial charge in [-0.25, -0.2) is 4.57 Å². The summed E-state index contributed by atoms with van der Waals surface area (Å²) in [4.78, 5) is 0.695. The van der Waals surface area contributed by atoms with E-state index in [0.717, 1.165) is 22.5 Å². The maximum atomic E-state index is 14.4. The highest BCUT2D eigenvalue weighted by Gasteiger charge is 2.34. The van der Waals surface area contributed by atoms with Gasteiger partial charge in [-0.05, 0) is 111 Å². The van der Waals surface area contributed by atoms with Crippen molar-refractivity contribution in [1.82, 2.24) is 0 Å². The summed E-state index contributed by atoms with van der Waals surface area (Å²) in [7, 11) is 0. The molecule has 6 nitrogen and oxygen atoms in total. The van der Waals surface area contributed by atoms with Gasteiger partial charge >= 0.3 is 6.80 Å². The van der Waals surface area contributed by atoms with Crippen molar-refractivity contribution in [2.24, 2.45) is 0 Å². The van der Waals surface area contributed by atoms with E-state index in [1.54, 1.807) is 64.1 Å². The summed E-state index contributed by atoms with van der Waals surface area (Å²) >= 11 is 0.980. The van der Waals surface area contributed by atoms with E-state index in [9.17, 15) is 20.4 Å². The van der Waals surface area contributed by atoms with Crippen LogP contribution in [0.2, 0.25) is 0 Å². The Kier molecular flexibility index (Phi) is 7.62. The molecule has 0 saturated heterocycles. The number of nitriles is 3. The molecule has 0 aliphatic rings. The minimum absolute atomic E-state index is 0.382. The molecule has 0 aliphatic carbocycles. The highest BCUT2D eigenvalue weighted by atomic mass is 32.7. The Balaban J connectivity index is 2.15. The molecule has 35 heavy (non-hydrogen) atoms. The van der Waals surface area contributed by atoms with Crippen molar-refractivity contribution >= 4 is 18.2 Å². The van der Waals surface area contributed by atoms with E-state index in [2.05, 4.69) is 18.2 Å². The summed E-state index contributed by atoms with van der Waals surface area (Å²) in [5.74, 6) is 0.764. The van der Waals surface area contributed by atoms with Gasteiger partial charge in [0.1, 0.15) is 11.5 Å². The molecule has 0 aromatic heterocycles. The molecular formula is C27H24N3O3PS. The van der Waals surface area contributed by atoms with Crippen molar-refractivity contribution in [2.75, 3.05) is 0 Å². The van der Waals surface area contributed by atoms with E-state index in [1.165, 1.54) is 0 Å². The molecule has 8 heteroatoms. The second-order valence-electron chi connectivity index (χ2n) is 8.37. The molecule has 176 valence electrons. The SMILES string of the molecule is Cc1cc(C#N)cc(C)c1OP(=O)(Oc1c(C)cc(C#N)cc1C)Sc1c(C)cc(C#N)cc1C. The first-order chi connectivity index (χ1) is 16.5. The number of rotatable bonds is 6. The molecule has 0 amide bonds. The zero-order valence-electron chi connectivity index (χ0n) is 20.4. The fraction of sp³-hybridized carbons (Fsp3) is 0.222. The van der Waals surface area contributed by atoms with Crippen LogP contribution < -0.4 is 9.05 Å². The molecule has 0 saturated carbocycles. The fourth-order valence-corrected chi connectivity index (χ4v) is 7.84. The van der Waals surface area contributed by atoms with E-state index < -0.39 is 6.80 Å². The highest BCUT2D eigenvalue weighted by Crippen LogP contribution is 2.64. The third-order valence-electron chi connectivity index (χ3n) is 5.38. The van der Waals surface area contributed by atoms with E-state index in [4.69, 9.17) is 9.05 Å². The molecule has 0 unspecified atom stereocenters. The average molecular weight is 502 g/mol. The number of nitrogens with zero attached hydrogens (tertiary/aromatic N) is 3. The van der Waals surface area contributed by atoms with Crippen LogP contribution in [0.25, 0.3) is 0 Å². The predicted molar refractivity (Wildman–Crippen MR) is 137 cm³/mol. The van der Waals surface area contributed by atoms with Crippen LogP contribution in [0.3, 0.4) is 0 Å². The standard InChI is InChI=1S/C27H24N3O3PS/c1-16-7-22(13-28)8-17(2)25(16)32-34(31,33-26-18(3)9-23(14-29)10-19(26)4)35-27-20(5)11-24(15-30)12-21(27)6/h7-12H,1-6H3. The van der Waals surface area contributed by atoms with Gasteiger partial charge in [0.25, 0.3) is 0 Å². The molecular weight excluding hydrogens is 477 g/mol. The van der Waals surface area contributed by atoms with E-state index in [0.29, 0.717) is 55.3 Å². The van der Waals surface area contributed by atoms with Crippen molar-refractivity contribution in [1.29, 1.82) is 15.8 Å². The molecule has 0 heterocycles. The van der Waals surface area contributed by atoms with Gasteiger partial charge in [-0.1, -0.05) is 0 Å². The van der Waals surface area contributed by atoms with Crippen molar-refractivity contribution in [3.05, 3.63) is 86.5 Å². The summed E-state index contributed by atoms with van der Waals surface area (Å²) in [6.45, 7) is 6.88. The van der Waals surface area contributed by atoms with Crippen molar-refractivity contribution in [2.45, 2.75) is 46.4 Å². The van der Waals surface area contributed by atoms with Crippen LogP contribution in [-0.4, -0.2) is 0 Å². The van der Waals surface area contributed by atoms with Gasteiger partial charge in [-0.2, -0.15) is 15.8 Å². The molecule has 0 spiro atoms. The quantitative estimate of drug-likeness (QED) is 0.322. The summed E-state index contributed by atoms with van der Waals surface area (Å²) in [5, 5.41) is 27.9. The Morgan fingerprint density at radius 3 is 1.17 bits per heavy atom. The molecule has 3 aromatic carbocycles. The normalized spacial score (nSPS) is 10.7. The molecule has 0 aliphatic heterocycles. The van der Waals surface area contributed by atoms with Gasteiger partial charge in [-0.15, -0.1) is 0 Å². The first-order valence-electron chi connectivity index (χ1n) is 10.7. The molecule has 3 aromatic rings. The Labute approximate surface area is 210 Å². The second-order valence-corrected chi connectivity index (χ2v) is 12.1. The minimum atomic E-state index is -3.95. The third-order valence-corrected chi connectivity index (χ3v) is 8.91. The lowest BCUT2D eigenvalue weighted by atomic mass is 10.1. The Bertz CT molecular complexity index is 1260. The van der Waals surface area contributed by atoms with Gasteiger partial charge < -0.3 is 9.05 Å². The maximum Gasteiger partial charge on any atom is 0.497 e. The summed E-state index contributed by atoms with van der Waals surface area (Å²) in [5.41, 5.74) is 5.67. The lowest BCUT2D eigenvalue weighted by Crippen LogP contribution is -2.04. The van der Waals surface area contributed by atoms with Crippen LogP contribution >= 0.6 is 18.2 Å². The van der Waals surface area contributed by atoms with Crippen LogP contribution in [0.1, 0.15) is 50.1 Å². The van der Waals surface area contributed by atoms with E-state index in [-0.39, 0.29) is 0 Å². The second kappa shape index (κ2) is 10.3. The van der Waals surface area contributed by atoms with Gasteiger partial charge in [0.15, 0.2) is 0 Å². The van der Waals surface area contributed by atoms with Gasteiger partial charge in [-0.3, -0.25) is 0 Å². The smallest absolute Gasteiger partial charge is 0.408 e. The number of hydrogen-bond acceptors (Lipinski definition) is 7. The summed E-state index contributed by atoms with van der Waals surface area (Å²) in [6.07, 6.45) is 0. The first kappa shape index (κ1) is 25.9. The summed E-state index contributed by atoms with van der Waals surface area (Å²) < 4.78 is 26.7.